The molecule has 0 bridgehead atoms. The third-order valence-corrected chi connectivity index (χ3v) is 8.00. The number of nitrogens with zero attached hydrogens (tertiary/aromatic N) is 3. The Morgan fingerprint density at radius 1 is 0.977 bits per heavy atom. The van der Waals surface area contributed by atoms with Gasteiger partial charge < -0.3 is 15.5 Å². The average molecular weight is 635 g/mol. The van der Waals surface area contributed by atoms with E-state index < -0.39 is 0 Å². The van der Waals surface area contributed by atoms with Gasteiger partial charge in [0.2, 0.25) is 0 Å². The number of amides is 2. The second-order valence-electron chi connectivity index (χ2n) is 10.4. The number of hydrogen-bond donors (Lipinski definition) is 3. The van der Waals surface area contributed by atoms with Crippen LogP contribution in [-0.4, -0.2) is 48.1 Å². The lowest BCUT2D eigenvalue weighted by Gasteiger charge is -2.11. The summed E-state index contributed by atoms with van der Waals surface area (Å²) in [5.41, 5.74) is 5.98. The van der Waals surface area contributed by atoms with Crippen molar-refractivity contribution >= 4 is 45.2 Å². The maximum absolute atomic E-state index is 12.3. The molecular weight excluding hydrogens is 585 g/mol. The molecule has 0 atom stereocenters. The van der Waals surface area contributed by atoms with Crippen LogP contribution in [0, 0.1) is 6.92 Å². The highest BCUT2D eigenvalue weighted by Gasteiger charge is 2.12. The highest BCUT2D eigenvalue weighted by Crippen LogP contribution is 2.34. The van der Waals surface area contributed by atoms with Crippen LogP contribution in [0.5, 0.6) is 0 Å². The van der Waals surface area contributed by atoms with Gasteiger partial charge in [-0.15, -0.1) is 11.3 Å². The van der Waals surface area contributed by atoms with Gasteiger partial charge in [-0.25, -0.2) is 14.8 Å². The number of rotatable bonds is 13. The molecule has 0 unspecified atom stereocenters. The van der Waals surface area contributed by atoms with Crippen LogP contribution in [0.4, 0.5) is 15.6 Å². The third kappa shape index (κ3) is 13.0. The number of urea groups is 1. The summed E-state index contributed by atoms with van der Waals surface area (Å²) < 4.78 is 0. The molecule has 0 aliphatic heterocycles. The molecule has 0 fully saturated rings. The van der Waals surface area contributed by atoms with Crippen LogP contribution in [-0.2, 0) is 0 Å². The first-order chi connectivity index (χ1) is 21.3. The van der Waals surface area contributed by atoms with E-state index in [2.05, 4.69) is 91.5 Å². The zero-order valence-electron chi connectivity index (χ0n) is 27.5. The van der Waals surface area contributed by atoms with Crippen molar-refractivity contribution in [1.29, 1.82) is 0 Å². The number of nitrogens with one attached hydrogen (secondary N) is 3. The van der Waals surface area contributed by atoms with Crippen LogP contribution in [0.25, 0.3) is 26.8 Å². The molecule has 2 aromatic heterocycles. The number of thiazole rings is 2. The summed E-state index contributed by atoms with van der Waals surface area (Å²) in [6.07, 6.45) is 7.46. The van der Waals surface area contributed by atoms with Gasteiger partial charge in [0.15, 0.2) is 5.13 Å². The lowest BCUT2D eigenvalue weighted by Crippen LogP contribution is -2.29. The van der Waals surface area contributed by atoms with E-state index in [1.807, 2.05) is 43.5 Å². The predicted molar refractivity (Wildman–Crippen MR) is 194 cm³/mol. The van der Waals surface area contributed by atoms with Crippen LogP contribution >= 0.6 is 22.7 Å². The van der Waals surface area contributed by atoms with E-state index in [0.717, 1.165) is 57.5 Å². The Hall–Kier alpha value is -3.53. The Labute approximate surface area is 272 Å². The summed E-state index contributed by atoms with van der Waals surface area (Å²) in [7, 11) is 4.18. The second-order valence-corrected chi connectivity index (χ2v) is 12.3. The van der Waals surface area contributed by atoms with E-state index in [4.69, 9.17) is 4.98 Å². The minimum absolute atomic E-state index is 0.222. The number of anilines is 2. The topological polar surface area (TPSA) is 82.2 Å². The minimum atomic E-state index is -0.222. The number of carbonyl (C=O) groups excluding carboxylic acids is 1. The molecule has 2 amide bonds. The molecule has 44 heavy (non-hydrogen) atoms. The number of benzene rings is 2. The van der Waals surface area contributed by atoms with Crippen LogP contribution in [0.3, 0.4) is 0 Å². The Bertz CT molecular complexity index is 1410. The molecule has 0 aliphatic rings. The van der Waals surface area contributed by atoms with Crippen molar-refractivity contribution in [3.63, 3.8) is 0 Å². The molecule has 7 nitrogen and oxygen atoms in total. The molecule has 4 aromatic rings. The summed E-state index contributed by atoms with van der Waals surface area (Å²) in [4.78, 5) is 24.6. The summed E-state index contributed by atoms with van der Waals surface area (Å²) in [6.45, 7) is 16.3. The van der Waals surface area contributed by atoms with Crippen molar-refractivity contribution in [2.45, 2.75) is 66.7 Å². The fourth-order valence-electron chi connectivity index (χ4n) is 4.04. The Balaban J connectivity index is 0.00000127. The highest BCUT2D eigenvalue weighted by atomic mass is 32.1. The van der Waals surface area contributed by atoms with E-state index in [0.29, 0.717) is 11.7 Å². The van der Waals surface area contributed by atoms with Crippen LogP contribution < -0.4 is 16.0 Å². The summed E-state index contributed by atoms with van der Waals surface area (Å²) in [5.74, 6) is 0. The first kappa shape index (κ1) is 36.7. The normalized spacial score (nSPS) is 10.3. The number of hydrogen-bond acceptors (Lipinski definition) is 7. The maximum Gasteiger partial charge on any atom is 0.321 e. The molecule has 4 rings (SSSR count). The van der Waals surface area contributed by atoms with Gasteiger partial charge in [0.25, 0.3) is 0 Å². The first-order valence-electron chi connectivity index (χ1n) is 15.5. The second kappa shape index (κ2) is 20.4. The zero-order chi connectivity index (χ0) is 32.3. The van der Waals surface area contributed by atoms with Crippen molar-refractivity contribution in [2.24, 2.45) is 0 Å². The summed E-state index contributed by atoms with van der Waals surface area (Å²) >= 11 is 2.99. The third-order valence-electron chi connectivity index (χ3n) is 6.08. The molecule has 0 saturated carbocycles. The highest BCUT2D eigenvalue weighted by molar-refractivity contribution is 7.23. The summed E-state index contributed by atoms with van der Waals surface area (Å²) in [5, 5.41) is 12.6. The number of aromatic nitrogens is 2. The standard InChI is InChI=1S/C30H36N6OS2.C3H8.C2H6/c1-21-11-9-12-23(17-21)22(2)33-25-14-10-13-24(18-25)26-20-38-28(34-26)27-19-32-30(39-27)35-29(37)31-15-7-5-6-8-16-36(3)4;1-3-2;1-2/h9-14,17-20,33H,2,5-8,15-16H2,1,3-4H3,(H2,31,32,35,37);3H2,1-2H3;1-2H3. The predicted octanol–water partition coefficient (Wildman–Crippen LogP) is 10.0. The van der Waals surface area contributed by atoms with Gasteiger partial charge in [0.1, 0.15) is 5.01 Å². The average Bonchev–Trinajstić information content (AvgIpc) is 3.68. The van der Waals surface area contributed by atoms with Gasteiger partial charge in [-0.3, -0.25) is 5.32 Å². The quantitative estimate of drug-likeness (QED) is 0.128. The fraction of sp³-hybridized carbons (Fsp3) is 0.400. The lowest BCUT2D eigenvalue weighted by atomic mass is 10.1. The van der Waals surface area contributed by atoms with Crippen molar-refractivity contribution in [1.82, 2.24) is 20.2 Å². The molecule has 2 heterocycles. The van der Waals surface area contributed by atoms with E-state index in [9.17, 15) is 4.79 Å². The van der Waals surface area contributed by atoms with Gasteiger partial charge in [0.05, 0.1) is 16.8 Å². The zero-order valence-corrected chi connectivity index (χ0v) is 29.1. The number of unbranched alkanes of at least 4 members (excludes halogenated alkanes) is 3. The lowest BCUT2D eigenvalue weighted by molar-refractivity contribution is 0.252. The molecule has 238 valence electrons. The first-order valence-corrected chi connectivity index (χ1v) is 17.2. The molecule has 0 aliphatic carbocycles. The van der Waals surface area contributed by atoms with Crippen LogP contribution in [0.2, 0.25) is 0 Å². The Morgan fingerprint density at radius 2 is 1.70 bits per heavy atom. The SMILES string of the molecule is C=C(Nc1cccc(-c2csc(-c3cnc(NC(=O)NCCCCCCN(C)C)s3)n2)c1)c1cccc(C)c1.CC.CCC. The number of carbonyl (C=O) groups is 1. The number of aryl methyl sites for hydroxylation is 1. The molecule has 0 spiro atoms. The van der Waals surface area contributed by atoms with Gasteiger partial charge in [-0.05, 0) is 64.2 Å². The van der Waals surface area contributed by atoms with E-state index in [-0.39, 0.29) is 6.03 Å². The van der Waals surface area contributed by atoms with Crippen molar-refractivity contribution < 1.29 is 4.79 Å². The Kier molecular flexibility index (Phi) is 17.0. The monoisotopic (exact) mass is 634 g/mol. The van der Waals surface area contributed by atoms with E-state index in [1.165, 1.54) is 36.2 Å². The van der Waals surface area contributed by atoms with Gasteiger partial charge >= 0.3 is 6.03 Å². The van der Waals surface area contributed by atoms with Gasteiger partial charge in [-0.2, -0.15) is 0 Å². The summed E-state index contributed by atoms with van der Waals surface area (Å²) in [6, 6.07) is 16.2. The Morgan fingerprint density at radius 3 is 2.43 bits per heavy atom. The fourth-order valence-corrected chi connectivity index (χ4v) is 5.73. The van der Waals surface area contributed by atoms with Gasteiger partial charge in [0, 0.05) is 28.9 Å². The van der Waals surface area contributed by atoms with Crippen LogP contribution in [0.15, 0.2) is 66.7 Å². The minimum Gasteiger partial charge on any atom is -0.356 e. The molecule has 0 radical (unpaired) electrons. The molecule has 9 heteroatoms. The van der Waals surface area contributed by atoms with Crippen molar-refractivity contribution in [2.75, 3.05) is 37.8 Å². The molecule has 0 saturated heterocycles. The van der Waals surface area contributed by atoms with E-state index in [1.54, 1.807) is 17.5 Å². The van der Waals surface area contributed by atoms with Crippen molar-refractivity contribution in [3.8, 4) is 21.1 Å². The van der Waals surface area contributed by atoms with Crippen molar-refractivity contribution in [3.05, 3.63) is 77.8 Å². The molecule has 3 N–H and O–H groups in total. The van der Waals surface area contributed by atoms with E-state index >= 15 is 0 Å². The molecular formula is C35H50N6OS2. The molecule has 2 aromatic carbocycles. The smallest absolute Gasteiger partial charge is 0.321 e. The van der Waals surface area contributed by atoms with Gasteiger partial charge in [-0.1, -0.05) is 101 Å². The maximum atomic E-state index is 12.3. The van der Waals surface area contributed by atoms with Crippen LogP contribution in [0.1, 0.15) is 70.9 Å². The largest absolute Gasteiger partial charge is 0.356 e.